The van der Waals surface area contributed by atoms with Crippen LogP contribution in [0.2, 0.25) is 0 Å². The number of rotatable bonds is 3. The first-order valence-corrected chi connectivity index (χ1v) is 8.45. The molecule has 3 rings (SSSR count). The van der Waals surface area contributed by atoms with Crippen LogP contribution < -0.4 is 0 Å². The van der Waals surface area contributed by atoms with Crippen LogP contribution in [0.3, 0.4) is 0 Å². The molecule has 0 aromatic carbocycles. The lowest BCUT2D eigenvalue weighted by Gasteiger charge is -2.26. The SMILES string of the molecule is CCC[C@H]1C2=C(CCC3=C(C[C@H]1CC)C(=O)OC3=O)C(=O)OC2=O. The van der Waals surface area contributed by atoms with Crippen molar-refractivity contribution in [3.05, 3.63) is 22.3 Å². The summed E-state index contributed by atoms with van der Waals surface area (Å²) in [5.41, 5.74) is 1.57. The highest BCUT2D eigenvalue weighted by Gasteiger charge is 2.43. The summed E-state index contributed by atoms with van der Waals surface area (Å²) in [5.74, 6) is -2.56. The predicted molar refractivity (Wildman–Crippen MR) is 82.3 cm³/mol. The van der Waals surface area contributed by atoms with Gasteiger partial charge in [0.15, 0.2) is 0 Å². The topological polar surface area (TPSA) is 86.7 Å². The largest absolute Gasteiger partial charge is 0.386 e. The van der Waals surface area contributed by atoms with Crippen molar-refractivity contribution in [3.8, 4) is 0 Å². The van der Waals surface area contributed by atoms with Crippen molar-refractivity contribution in [2.75, 3.05) is 0 Å². The summed E-state index contributed by atoms with van der Waals surface area (Å²) in [6, 6.07) is 0. The predicted octanol–water partition coefficient (Wildman–Crippen LogP) is 2.37. The number of carbonyl (C=O) groups excluding carboxylic acids is 4. The average molecular weight is 332 g/mol. The molecular weight excluding hydrogens is 312 g/mol. The van der Waals surface area contributed by atoms with E-state index in [1.807, 2.05) is 13.8 Å². The molecule has 0 radical (unpaired) electrons. The molecule has 128 valence electrons. The van der Waals surface area contributed by atoms with Gasteiger partial charge in [0.25, 0.3) is 0 Å². The highest BCUT2D eigenvalue weighted by atomic mass is 16.6. The van der Waals surface area contributed by atoms with E-state index in [9.17, 15) is 19.2 Å². The van der Waals surface area contributed by atoms with Gasteiger partial charge >= 0.3 is 23.9 Å². The first-order valence-electron chi connectivity index (χ1n) is 8.45. The van der Waals surface area contributed by atoms with Crippen LogP contribution in [0.15, 0.2) is 22.3 Å². The molecule has 0 amide bonds. The van der Waals surface area contributed by atoms with Crippen molar-refractivity contribution in [2.45, 2.75) is 52.4 Å². The maximum Gasteiger partial charge on any atom is 0.342 e. The Labute approximate surface area is 139 Å². The number of hydrogen-bond acceptors (Lipinski definition) is 6. The third-order valence-corrected chi connectivity index (χ3v) is 5.17. The molecule has 0 saturated heterocycles. The lowest BCUT2D eigenvalue weighted by atomic mass is 9.76. The Balaban J connectivity index is 2.10. The van der Waals surface area contributed by atoms with E-state index in [1.54, 1.807) is 0 Å². The molecule has 6 nitrogen and oxygen atoms in total. The molecule has 2 atom stereocenters. The van der Waals surface area contributed by atoms with Gasteiger partial charge in [-0.05, 0) is 37.5 Å². The van der Waals surface area contributed by atoms with Gasteiger partial charge in [-0.3, -0.25) is 0 Å². The molecule has 3 aliphatic rings. The summed E-state index contributed by atoms with van der Waals surface area (Å²) >= 11 is 0. The number of cyclic esters (lactones) is 4. The quantitative estimate of drug-likeness (QED) is 0.582. The summed E-state index contributed by atoms with van der Waals surface area (Å²) in [4.78, 5) is 48.3. The van der Waals surface area contributed by atoms with Gasteiger partial charge in [0, 0.05) is 16.7 Å². The van der Waals surface area contributed by atoms with Gasteiger partial charge < -0.3 is 9.47 Å². The van der Waals surface area contributed by atoms with Gasteiger partial charge in [-0.2, -0.15) is 0 Å². The Morgan fingerprint density at radius 3 is 2.08 bits per heavy atom. The molecule has 1 aliphatic carbocycles. The van der Waals surface area contributed by atoms with E-state index in [2.05, 4.69) is 0 Å². The van der Waals surface area contributed by atoms with Crippen molar-refractivity contribution < 1.29 is 28.7 Å². The fourth-order valence-corrected chi connectivity index (χ4v) is 3.97. The number of esters is 4. The van der Waals surface area contributed by atoms with Crippen LogP contribution in [0.5, 0.6) is 0 Å². The highest BCUT2D eigenvalue weighted by molar-refractivity contribution is 6.14. The first kappa shape index (κ1) is 16.6. The Morgan fingerprint density at radius 1 is 0.833 bits per heavy atom. The Kier molecular flexibility index (Phi) is 4.39. The Bertz CT molecular complexity index is 696. The Hall–Kier alpha value is -2.24. The molecule has 0 spiro atoms. The molecule has 0 aromatic heterocycles. The molecule has 2 heterocycles. The average Bonchev–Trinajstić information content (AvgIpc) is 2.98. The molecule has 0 fully saturated rings. The van der Waals surface area contributed by atoms with Crippen molar-refractivity contribution in [1.29, 1.82) is 0 Å². The van der Waals surface area contributed by atoms with Gasteiger partial charge in [-0.25, -0.2) is 19.2 Å². The minimum absolute atomic E-state index is 0.0186. The second kappa shape index (κ2) is 6.34. The van der Waals surface area contributed by atoms with Crippen molar-refractivity contribution in [1.82, 2.24) is 0 Å². The van der Waals surface area contributed by atoms with E-state index < -0.39 is 23.9 Å². The minimum Gasteiger partial charge on any atom is -0.386 e. The zero-order chi connectivity index (χ0) is 17.4. The third-order valence-electron chi connectivity index (χ3n) is 5.17. The first-order chi connectivity index (χ1) is 11.5. The normalized spacial score (nSPS) is 27.4. The van der Waals surface area contributed by atoms with Crippen LogP contribution >= 0.6 is 0 Å². The zero-order valence-electron chi connectivity index (χ0n) is 13.8. The van der Waals surface area contributed by atoms with Gasteiger partial charge in [0.05, 0.1) is 5.57 Å². The van der Waals surface area contributed by atoms with Crippen LogP contribution in [-0.4, -0.2) is 23.9 Å². The smallest absolute Gasteiger partial charge is 0.342 e. The molecule has 0 N–H and O–H groups in total. The molecule has 0 aromatic rings. The van der Waals surface area contributed by atoms with Crippen molar-refractivity contribution >= 4 is 23.9 Å². The van der Waals surface area contributed by atoms with Crippen LogP contribution in [0.4, 0.5) is 0 Å². The molecule has 0 saturated carbocycles. The van der Waals surface area contributed by atoms with Gasteiger partial charge in [0.1, 0.15) is 0 Å². The third kappa shape index (κ3) is 2.60. The van der Waals surface area contributed by atoms with Gasteiger partial charge in [-0.1, -0.05) is 26.7 Å². The lowest BCUT2D eigenvalue weighted by Crippen LogP contribution is -2.22. The van der Waals surface area contributed by atoms with E-state index in [-0.39, 0.29) is 24.7 Å². The minimum atomic E-state index is -0.626. The summed E-state index contributed by atoms with van der Waals surface area (Å²) < 4.78 is 9.59. The highest BCUT2D eigenvalue weighted by Crippen LogP contribution is 2.42. The van der Waals surface area contributed by atoms with E-state index in [4.69, 9.17) is 9.47 Å². The lowest BCUT2D eigenvalue weighted by molar-refractivity contribution is -0.153. The monoisotopic (exact) mass is 332 g/mol. The zero-order valence-corrected chi connectivity index (χ0v) is 13.8. The molecule has 0 unspecified atom stereocenters. The standard InChI is InChI=1S/C18H20O6/c1-3-5-10-9(4-2)8-13-11(15(19)23-17(13)21)6-7-12-14(10)18(22)24-16(12)20/h9-10H,3-8H2,1-2H3/t9-,10-/m1/s1. The number of hydrogen-bond donors (Lipinski definition) is 0. The summed E-state index contributed by atoms with van der Waals surface area (Å²) in [5, 5.41) is 0. The second-order valence-electron chi connectivity index (χ2n) is 6.47. The van der Waals surface area contributed by atoms with E-state index in [1.165, 1.54) is 0 Å². The molecular formula is C18H20O6. The van der Waals surface area contributed by atoms with Crippen LogP contribution in [0.25, 0.3) is 0 Å². The summed E-state index contributed by atoms with van der Waals surface area (Å²) in [7, 11) is 0. The molecule has 0 bridgehead atoms. The molecule has 2 aliphatic heterocycles. The number of ether oxygens (including phenoxy) is 2. The summed E-state index contributed by atoms with van der Waals surface area (Å²) in [6.45, 7) is 4.00. The van der Waals surface area contributed by atoms with Crippen molar-refractivity contribution in [3.63, 3.8) is 0 Å². The van der Waals surface area contributed by atoms with Gasteiger partial charge in [0.2, 0.25) is 0 Å². The summed E-state index contributed by atoms with van der Waals surface area (Å²) in [6.07, 6.45) is 3.12. The van der Waals surface area contributed by atoms with E-state index in [0.29, 0.717) is 28.7 Å². The second-order valence-corrected chi connectivity index (χ2v) is 6.47. The molecule has 6 heteroatoms. The van der Waals surface area contributed by atoms with E-state index >= 15 is 0 Å². The fourth-order valence-electron chi connectivity index (χ4n) is 3.97. The van der Waals surface area contributed by atoms with Crippen molar-refractivity contribution in [2.24, 2.45) is 11.8 Å². The van der Waals surface area contributed by atoms with E-state index in [0.717, 1.165) is 19.3 Å². The fraction of sp³-hybridized carbons (Fsp3) is 0.556. The van der Waals surface area contributed by atoms with Crippen LogP contribution in [0, 0.1) is 11.8 Å². The molecule has 24 heavy (non-hydrogen) atoms. The van der Waals surface area contributed by atoms with Crippen LogP contribution in [-0.2, 0) is 28.7 Å². The van der Waals surface area contributed by atoms with Gasteiger partial charge in [-0.15, -0.1) is 0 Å². The number of carbonyl (C=O) groups is 4. The maximum absolute atomic E-state index is 12.2. The Morgan fingerprint density at radius 2 is 1.42 bits per heavy atom. The maximum atomic E-state index is 12.2. The van der Waals surface area contributed by atoms with Crippen LogP contribution in [0.1, 0.15) is 52.4 Å².